The lowest BCUT2D eigenvalue weighted by molar-refractivity contribution is 0.244. The van der Waals surface area contributed by atoms with Crippen LogP contribution in [0.4, 0.5) is 0 Å². The molecule has 9 heavy (non-hydrogen) atoms. The van der Waals surface area contributed by atoms with E-state index in [-0.39, 0.29) is 6.61 Å². The van der Waals surface area contributed by atoms with Gasteiger partial charge in [-0.15, -0.1) is 0 Å². The third-order valence-electron chi connectivity index (χ3n) is 1.15. The van der Waals surface area contributed by atoms with Crippen LogP contribution in [0.3, 0.4) is 0 Å². The van der Waals surface area contributed by atoms with Gasteiger partial charge in [-0.1, -0.05) is 6.92 Å². The summed E-state index contributed by atoms with van der Waals surface area (Å²) in [5.41, 5.74) is 5.35. The molecule has 0 aliphatic carbocycles. The van der Waals surface area contributed by atoms with Gasteiger partial charge in [0.05, 0.1) is 0 Å². The summed E-state index contributed by atoms with van der Waals surface area (Å²) >= 11 is 1.83. The van der Waals surface area contributed by atoms with Crippen LogP contribution < -0.4 is 5.73 Å². The predicted octanol–water partition coefficient (Wildman–Crippen LogP) is 0.307. The van der Waals surface area contributed by atoms with Crippen LogP contribution in [0, 0.1) is 5.92 Å². The van der Waals surface area contributed by atoms with Gasteiger partial charge in [-0.3, -0.25) is 0 Å². The fourth-order valence-electron chi connectivity index (χ4n) is 0.480. The molecule has 3 N–H and O–H groups in total. The largest absolute Gasteiger partial charge is 0.396 e. The quantitative estimate of drug-likeness (QED) is 0.591. The van der Waals surface area contributed by atoms with Crippen molar-refractivity contribution in [1.29, 1.82) is 0 Å². The van der Waals surface area contributed by atoms with E-state index in [4.69, 9.17) is 10.8 Å². The highest BCUT2D eigenvalue weighted by atomic mass is 32.2. The summed E-state index contributed by atoms with van der Waals surface area (Å²) in [6, 6.07) is 0. The number of aliphatic hydroxyl groups excluding tert-OH is 1. The normalized spacial score (nSPS) is 13.7. The molecule has 0 saturated carbocycles. The van der Waals surface area contributed by atoms with E-state index in [1.807, 2.05) is 11.8 Å². The molecular weight excluding hydrogens is 134 g/mol. The molecule has 0 heterocycles. The first-order valence-electron chi connectivity index (χ1n) is 3.23. The van der Waals surface area contributed by atoms with Crippen molar-refractivity contribution in [2.75, 3.05) is 24.7 Å². The molecule has 0 spiro atoms. The Labute approximate surface area is 60.8 Å². The Morgan fingerprint density at radius 1 is 1.67 bits per heavy atom. The van der Waals surface area contributed by atoms with Crippen LogP contribution in [-0.2, 0) is 0 Å². The Morgan fingerprint density at radius 2 is 2.33 bits per heavy atom. The SMILES string of the molecule is CCSCC(CN)CO. The molecule has 1 unspecified atom stereocenters. The topological polar surface area (TPSA) is 46.2 Å². The van der Waals surface area contributed by atoms with E-state index in [0.717, 1.165) is 11.5 Å². The lowest BCUT2D eigenvalue weighted by Crippen LogP contribution is -2.20. The second-order valence-corrected chi connectivity index (χ2v) is 3.26. The zero-order valence-corrected chi connectivity index (χ0v) is 6.66. The summed E-state index contributed by atoms with van der Waals surface area (Å²) in [5, 5.41) is 8.66. The summed E-state index contributed by atoms with van der Waals surface area (Å²) in [6.45, 7) is 2.93. The molecule has 0 aromatic carbocycles. The van der Waals surface area contributed by atoms with Crippen molar-refractivity contribution in [1.82, 2.24) is 0 Å². The predicted molar refractivity (Wildman–Crippen MR) is 42.6 cm³/mol. The van der Waals surface area contributed by atoms with E-state index in [1.165, 1.54) is 0 Å². The van der Waals surface area contributed by atoms with Crippen molar-refractivity contribution >= 4 is 11.8 Å². The van der Waals surface area contributed by atoms with Crippen molar-refractivity contribution in [2.24, 2.45) is 11.7 Å². The fourth-order valence-corrected chi connectivity index (χ4v) is 1.29. The van der Waals surface area contributed by atoms with Gasteiger partial charge < -0.3 is 10.8 Å². The molecule has 2 nitrogen and oxygen atoms in total. The lowest BCUT2D eigenvalue weighted by Gasteiger charge is -2.08. The fraction of sp³-hybridized carbons (Fsp3) is 1.00. The van der Waals surface area contributed by atoms with Gasteiger partial charge in [0.2, 0.25) is 0 Å². The smallest absolute Gasteiger partial charge is 0.0479 e. The van der Waals surface area contributed by atoms with Crippen LogP contribution in [0.25, 0.3) is 0 Å². The molecule has 0 amide bonds. The van der Waals surface area contributed by atoms with E-state index < -0.39 is 0 Å². The minimum absolute atomic E-state index is 0.226. The van der Waals surface area contributed by atoms with Crippen LogP contribution in [0.2, 0.25) is 0 Å². The monoisotopic (exact) mass is 149 g/mol. The molecule has 0 fully saturated rings. The Bertz CT molecular complexity index is 57.0. The molecule has 0 aliphatic heterocycles. The lowest BCUT2D eigenvalue weighted by atomic mass is 10.2. The number of rotatable bonds is 5. The van der Waals surface area contributed by atoms with Crippen LogP contribution >= 0.6 is 11.8 Å². The molecule has 0 bridgehead atoms. The summed E-state index contributed by atoms with van der Waals surface area (Å²) < 4.78 is 0. The maximum Gasteiger partial charge on any atom is 0.0479 e. The van der Waals surface area contributed by atoms with Gasteiger partial charge in [-0.25, -0.2) is 0 Å². The van der Waals surface area contributed by atoms with Crippen molar-refractivity contribution in [2.45, 2.75) is 6.92 Å². The molecule has 0 aromatic rings. The van der Waals surface area contributed by atoms with Gasteiger partial charge in [0.1, 0.15) is 0 Å². The van der Waals surface area contributed by atoms with Gasteiger partial charge in [-0.2, -0.15) is 11.8 Å². The number of aliphatic hydroxyl groups is 1. The van der Waals surface area contributed by atoms with E-state index >= 15 is 0 Å². The van der Waals surface area contributed by atoms with Gasteiger partial charge in [0.15, 0.2) is 0 Å². The highest BCUT2D eigenvalue weighted by Crippen LogP contribution is 2.05. The van der Waals surface area contributed by atoms with Crippen LogP contribution in [0.1, 0.15) is 6.92 Å². The van der Waals surface area contributed by atoms with Gasteiger partial charge in [0.25, 0.3) is 0 Å². The summed E-state index contributed by atoms with van der Waals surface area (Å²) in [7, 11) is 0. The Hall–Kier alpha value is 0.270. The van der Waals surface area contributed by atoms with Crippen molar-refractivity contribution < 1.29 is 5.11 Å². The van der Waals surface area contributed by atoms with Crippen molar-refractivity contribution in [3.63, 3.8) is 0 Å². The molecule has 3 heteroatoms. The average Bonchev–Trinajstić information content (AvgIpc) is 1.91. The minimum Gasteiger partial charge on any atom is -0.396 e. The molecule has 0 rings (SSSR count). The van der Waals surface area contributed by atoms with E-state index in [1.54, 1.807) is 0 Å². The second kappa shape index (κ2) is 6.39. The average molecular weight is 149 g/mol. The Kier molecular flexibility index (Phi) is 6.58. The van der Waals surface area contributed by atoms with Crippen LogP contribution in [0.15, 0.2) is 0 Å². The Morgan fingerprint density at radius 3 is 2.67 bits per heavy atom. The maximum atomic E-state index is 8.66. The van der Waals surface area contributed by atoms with Gasteiger partial charge in [0, 0.05) is 12.5 Å². The zero-order valence-electron chi connectivity index (χ0n) is 5.84. The number of hydrogen-bond acceptors (Lipinski definition) is 3. The first-order valence-corrected chi connectivity index (χ1v) is 4.39. The molecular formula is C6H15NOS. The summed E-state index contributed by atoms with van der Waals surface area (Å²) in [4.78, 5) is 0. The first-order chi connectivity index (χ1) is 4.35. The van der Waals surface area contributed by atoms with Crippen LogP contribution in [0.5, 0.6) is 0 Å². The maximum absolute atomic E-state index is 8.66. The zero-order chi connectivity index (χ0) is 7.11. The summed E-state index contributed by atoms with van der Waals surface area (Å²) in [5.74, 6) is 2.40. The standard InChI is InChI=1S/C6H15NOS/c1-2-9-5-6(3-7)4-8/h6,8H,2-5,7H2,1H3. The molecule has 0 aromatic heterocycles. The number of nitrogens with two attached hydrogens (primary N) is 1. The highest BCUT2D eigenvalue weighted by molar-refractivity contribution is 7.99. The summed E-state index contributed by atoms with van der Waals surface area (Å²) in [6.07, 6.45) is 0. The molecule has 0 saturated heterocycles. The molecule has 0 aliphatic rings. The molecule has 0 radical (unpaired) electrons. The number of thioether (sulfide) groups is 1. The van der Waals surface area contributed by atoms with Crippen LogP contribution in [-0.4, -0.2) is 29.8 Å². The van der Waals surface area contributed by atoms with E-state index in [2.05, 4.69) is 6.92 Å². The highest BCUT2D eigenvalue weighted by Gasteiger charge is 2.02. The second-order valence-electron chi connectivity index (χ2n) is 1.94. The third-order valence-corrected chi connectivity index (χ3v) is 2.26. The van der Waals surface area contributed by atoms with E-state index in [9.17, 15) is 0 Å². The Balaban J connectivity index is 3.09. The van der Waals surface area contributed by atoms with Crippen molar-refractivity contribution in [3.8, 4) is 0 Å². The van der Waals surface area contributed by atoms with Crippen molar-refractivity contribution in [3.05, 3.63) is 0 Å². The van der Waals surface area contributed by atoms with E-state index in [0.29, 0.717) is 12.5 Å². The minimum atomic E-state index is 0.226. The first kappa shape index (κ1) is 9.27. The number of hydrogen-bond donors (Lipinski definition) is 2. The molecule has 1 atom stereocenters. The third kappa shape index (κ3) is 4.75. The van der Waals surface area contributed by atoms with Gasteiger partial charge >= 0.3 is 0 Å². The van der Waals surface area contributed by atoms with Gasteiger partial charge in [-0.05, 0) is 18.1 Å². The molecule has 56 valence electrons.